The van der Waals surface area contributed by atoms with Gasteiger partial charge in [-0.2, -0.15) is 5.10 Å². The van der Waals surface area contributed by atoms with Crippen LogP contribution in [0, 0.1) is 23.0 Å². The molecule has 41 heavy (non-hydrogen) atoms. The molecule has 1 N–H and O–H groups in total. The van der Waals surface area contributed by atoms with Gasteiger partial charge in [0.05, 0.1) is 24.2 Å². The van der Waals surface area contributed by atoms with Crippen LogP contribution in [0.5, 0.6) is 0 Å². The van der Waals surface area contributed by atoms with E-state index in [4.69, 9.17) is 4.84 Å². The standard InChI is InChI=1S/C30H32F2N4O5/c1-30(2,3)29(40)41-35-11-9-20(10-12-35)26(37)17-33-28(39)21-6-4-5-19(13-21)18-36-27(38)8-7-25(34-36)22-14-23(31)16-24(32)15-22/h4-8,13-16,20H,9-12,17-18H2,1-3H3,(H,33,39). The second-order valence-electron chi connectivity index (χ2n) is 11.1. The predicted molar refractivity (Wildman–Crippen MR) is 147 cm³/mol. The van der Waals surface area contributed by atoms with E-state index in [2.05, 4.69) is 10.4 Å². The molecule has 0 atom stereocenters. The molecular formula is C30H32F2N4O5. The highest BCUT2D eigenvalue weighted by molar-refractivity contribution is 5.97. The Morgan fingerprint density at radius 3 is 2.34 bits per heavy atom. The number of halogens is 2. The number of hydrogen-bond donors (Lipinski definition) is 1. The van der Waals surface area contributed by atoms with E-state index in [1.54, 1.807) is 50.1 Å². The zero-order valence-corrected chi connectivity index (χ0v) is 23.2. The van der Waals surface area contributed by atoms with Crippen LogP contribution >= 0.6 is 0 Å². The predicted octanol–water partition coefficient (Wildman–Crippen LogP) is 3.75. The molecule has 1 aromatic heterocycles. The first-order valence-corrected chi connectivity index (χ1v) is 13.3. The van der Waals surface area contributed by atoms with Crippen LogP contribution in [0.15, 0.2) is 59.4 Å². The van der Waals surface area contributed by atoms with Gasteiger partial charge in [-0.15, -0.1) is 5.06 Å². The van der Waals surface area contributed by atoms with E-state index in [-0.39, 0.29) is 42.0 Å². The van der Waals surface area contributed by atoms with Crippen molar-refractivity contribution in [3.05, 3.63) is 87.7 Å². The number of carbonyl (C=O) groups excluding carboxylic acids is 3. The van der Waals surface area contributed by atoms with Gasteiger partial charge in [0, 0.05) is 42.3 Å². The number of nitrogens with zero attached hydrogens (tertiary/aromatic N) is 3. The minimum absolute atomic E-state index is 0.0167. The Morgan fingerprint density at radius 1 is 1.00 bits per heavy atom. The maximum Gasteiger partial charge on any atom is 0.330 e. The third-order valence-corrected chi connectivity index (χ3v) is 6.70. The largest absolute Gasteiger partial charge is 0.367 e. The van der Waals surface area contributed by atoms with Gasteiger partial charge in [0.1, 0.15) is 11.6 Å². The molecule has 1 fully saturated rings. The molecule has 2 aromatic carbocycles. The summed E-state index contributed by atoms with van der Waals surface area (Å²) in [6.07, 6.45) is 1.04. The Hall–Kier alpha value is -4.25. The molecule has 216 valence electrons. The van der Waals surface area contributed by atoms with Gasteiger partial charge >= 0.3 is 5.97 Å². The second-order valence-corrected chi connectivity index (χ2v) is 11.1. The van der Waals surface area contributed by atoms with Crippen LogP contribution in [0.3, 0.4) is 0 Å². The lowest BCUT2D eigenvalue weighted by Crippen LogP contribution is -2.42. The van der Waals surface area contributed by atoms with Gasteiger partial charge in [0.25, 0.3) is 11.5 Å². The number of carbonyl (C=O) groups is 3. The molecule has 9 nitrogen and oxygen atoms in total. The maximum atomic E-state index is 13.7. The van der Waals surface area contributed by atoms with Crippen LogP contribution in [-0.4, -0.2) is 52.1 Å². The molecular weight excluding hydrogens is 534 g/mol. The van der Waals surface area contributed by atoms with E-state index in [9.17, 15) is 28.0 Å². The highest BCUT2D eigenvalue weighted by Gasteiger charge is 2.30. The van der Waals surface area contributed by atoms with Crippen molar-refractivity contribution in [3.8, 4) is 11.3 Å². The van der Waals surface area contributed by atoms with Crippen molar-refractivity contribution in [1.29, 1.82) is 0 Å². The van der Waals surface area contributed by atoms with Gasteiger partial charge in [-0.25, -0.2) is 18.3 Å². The van der Waals surface area contributed by atoms with E-state index in [0.29, 0.717) is 37.1 Å². The quantitative estimate of drug-likeness (QED) is 0.442. The second kappa shape index (κ2) is 12.5. The third-order valence-electron chi connectivity index (χ3n) is 6.70. The monoisotopic (exact) mass is 566 g/mol. The van der Waals surface area contributed by atoms with Crippen LogP contribution in [0.2, 0.25) is 0 Å². The number of hydrogen-bond acceptors (Lipinski definition) is 7. The third kappa shape index (κ3) is 7.91. The van der Waals surface area contributed by atoms with Gasteiger partial charge in [0.2, 0.25) is 0 Å². The average molecular weight is 567 g/mol. The number of hydroxylamine groups is 2. The Kier molecular flexibility index (Phi) is 9.07. The Labute approximate surface area is 236 Å². The number of rotatable bonds is 8. The van der Waals surface area contributed by atoms with Gasteiger partial charge < -0.3 is 10.2 Å². The minimum atomic E-state index is -0.760. The minimum Gasteiger partial charge on any atom is -0.367 e. The Balaban J connectivity index is 1.33. The van der Waals surface area contributed by atoms with E-state index < -0.39 is 28.5 Å². The van der Waals surface area contributed by atoms with E-state index in [1.165, 1.54) is 12.1 Å². The molecule has 4 rings (SSSR count). The summed E-state index contributed by atoms with van der Waals surface area (Å²) in [6.45, 7) is 6.09. The Morgan fingerprint density at radius 2 is 1.68 bits per heavy atom. The lowest BCUT2D eigenvalue weighted by molar-refractivity contribution is -0.205. The summed E-state index contributed by atoms with van der Waals surface area (Å²) in [5.41, 5.74) is 0.257. The molecule has 0 aliphatic carbocycles. The van der Waals surface area contributed by atoms with Gasteiger partial charge in [-0.1, -0.05) is 12.1 Å². The molecule has 0 unspecified atom stereocenters. The zero-order chi connectivity index (χ0) is 29.7. The van der Waals surface area contributed by atoms with Crippen molar-refractivity contribution in [2.24, 2.45) is 11.3 Å². The number of aromatic nitrogens is 2. The number of nitrogens with one attached hydrogen (secondary N) is 1. The topological polar surface area (TPSA) is 111 Å². The zero-order valence-electron chi connectivity index (χ0n) is 23.2. The first kappa shape index (κ1) is 29.7. The summed E-state index contributed by atoms with van der Waals surface area (Å²) in [5.74, 6) is -2.64. The molecule has 0 saturated carbocycles. The fourth-order valence-corrected chi connectivity index (χ4v) is 4.34. The van der Waals surface area contributed by atoms with Gasteiger partial charge in [-0.05, 0) is 69.5 Å². The van der Waals surface area contributed by atoms with Crippen molar-refractivity contribution in [1.82, 2.24) is 20.2 Å². The summed E-state index contributed by atoms with van der Waals surface area (Å²) in [7, 11) is 0. The highest BCUT2D eigenvalue weighted by Crippen LogP contribution is 2.22. The van der Waals surface area contributed by atoms with Crippen molar-refractivity contribution in [2.45, 2.75) is 40.2 Å². The average Bonchev–Trinajstić information content (AvgIpc) is 2.92. The molecule has 3 aromatic rings. The molecule has 1 aliphatic rings. The van der Waals surface area contributed by atoms with Crippen LogP contribution in [-0.2, 0) is 21.0 Å². The molecule has 11 heteroatoms. The van der Waals surface area contributed by atoms with Crippen molar-refractivity contribution in [3.63, 3.8) is 0 Å². The van der Waals surface area contributed by atoms with E-state index in [0.717, 1.165) is 22.9 Å². The van der Waals surface area contributed by atoms with Crippen LogP contribution in [0.25, 0.3) is 11.3 Å². The molecule has 1 amide bonds. The molecule has 2 heterocycles. The van der Waals surface area contributed by atoms with Crippen LogP contribution in [0.1, 0.15) is 49.5 Å². The lowest BCUT2D eigenvalue weighted by atomic mass is 9.93. The van der Waals surface area contributed by atoms with E-state index >= 15 is 0 Å². The van der Waals surface area contributed by atoms with Gasteiger partial charge in [0.15, 0.2) is 5.78 Å². The Bertz CT molecular complexity index is 1490. The number of benzene rings is 2. The van der Waals surface area contributed by atoms with Crippen molar-refractivity contribution in [2.75, 3.05) is 19.6 Å². The highest BCUT2D eigenvalue weighted by atomic mass is 19.1. The molecule has 1 saturated heterocycles. The van der Waals surface area contributed by atoms with Crippen LogP contribution < -0.4 is 10.9 Å². The van der Waals surface area contributed by atoms with Gasteiger partial charge in [-0.3, -0.25) is 14.4 Å². The van der Waals surface area contributed by atoms with Crippen LogP contribution in [0.4, 0.5) is 8.78 Å². The summed E-state index contributed by atoms with van der Waals surface area (Å²) < 4.78 is 28.5. The number of piperidine rings is 1. The molecule has 0 radical (unpaired) electrons. The fourth-order valence-electron chi connectivity index (χ4n) is 4.34. The number of amides is 1. The first-order valence-electron chi connectivity index (χ1n) is 13.3. The summed E-state index contributed by atoms with van der Waals surface area (Å²) in [4.78, 5) is 55.4. The SMILES string of the molecule is CC(C)(C)C(=O)ON1CCC(C(=O)CNC(=O)c2cccc(Cn3nc(-c4cc(F)cc(F)c4)ccc3=O)c2)CC1. The normalized spacial score (nSPS) is 14.5. The number of Topliss-reactive ketones (excluding diaryl/α,β-unsaturated/α-hetero) is 1. The summed E-state index contributed by atoms with van der Waals surface area (Å²) >= 11 is 0. The first-order chi connectivity index (χ1) is 19.4. The molecule has 0 bridgehead atoms. The number of ketones is 1. The summed E-state index contributed by atoms with van der Waals surface area (Å²) in [6, 6.07) is 12.2. The van der Waals surface area contributed by atoms with Crippen molar-refractivity contribution < 1.29 is 28.0 Å². The van der Waals surface area contributed by atoms with Crippen molar-refractivity contribution >= 4 is 17.7 Å². The lowest BCUT2D eigenvalue weighted by Gasteiger charge is -2.31. The summed E-state index contributed by atoms with van der Waals surface area (Å²) in [5, 5.41) is 8.47. The molecule has 0 spiro atoms. The maximum absolute atomic E-state index is 13.7. The fraction of sp³-hybridized carbons (Fsp3) is 0.367. The smallest absolute Gasteiger partial charge is 0.330 e. The van der Waals surface area contributed by atoms with E-state index in [1.807, 2.05) is 0 Å². The molecule has 1 aliphatic heterocycles.